The molecule has 0 saturated carbocycles. The number of carbonyl (C=O) groups is 1. The Bertz CT molecular complexity index is 1820. The SMILES string of the molecule is COc1nc(N)nc2c1ncn2[C@@H]1O[C@H](COP(=O)(N[C@@H](C)C(=O)OCC(C)(C)C)Oc2cccc3ccccc23)[C@@H](O)[C@]12CCO2. The van der Waals surface area contributed by atoms with Crippen LogP contribution in [-0.4, -0.2) is 81.4 Å². The average molecular weight is 671 g/mol. The van der Waals surface area contributed by atoms with Gasteiger partial charge < -0.3 is 34.3 Å². The summed E-state index contributed by atoms with van der Waals surface area (Å²) >= 11 is 0. The van der Waals surface area contributed by atoms with E-state index < -0.39 is 50.4 Å². The summed E-state index contributed by atoms with van der Waals surface area (Å²) in [6.07, 6.45) is -1.22. The Kier molecular flexibility index (Phi) is 8.89. The van der Waals surface area contributed by atoms with Crippen LogP contribution in [0.25, 0.3) is 21.9 Å². The zero-order chi connectivity index (χ0) is 33.6. The van der Waals surface area contributed by atoms with Gasteiger partial charge >= 0.3 is 13.7 Å². The van der Waals surface area contributed by atoms with E-state index in [0.717, 1.165) is 5.39 Å². The van der Waals surface area contributed by atoms with Crippen LogP contribution in [0.2, 0.25) is 0 Å². The second-order valence-electron chi connectivity index (χ2n) is 12.8. The van der Waals surface area contributed by atoms with Gasteiger partial charge in [0.1, 0.15) is 29.6 Å². The van der Waals surface area contributed by atoms with Crippen molar-refractivity contribution in [3.63, 3.8) is 0 Å². The third-order valence-electron chi connectivity index (χ3n) is 8.02. The maximum atomic E-state index is 14.5. The summed E-state index contributed by atoms with van der Waals surface area (Å²) in [5.74, 6) is -0.213. The summed E-state index contributed by atoms with van der Waals surface area (Å²) in [6.45, 7) is 7.45. The van der Waals surface area contributed by atoms with Gasteiger partial charge in [0.25, 0.3) is 0 Å². The molecule has 1 unspecified atom stereocenters. The summed E-state index contributed by atoms with van der Waals surface area (Å²) in [7, 11) is -2.88. The fourth-order valence-electron chi connectivity index (χ4n) is 5.60. The highest BCUT2D eigenvalue weighted by Crippen LogP contribution is 2.52. The van der Waals surface area contributed by atoms with Crippen LogP contribution < -0.4 is 20.1 Å². The number of carbonyl (C=O) groups excluding carboxylic acids is 1. The summed E-state index contributed by atoms with van der Waals surface area (Å²) in [6, 6.07) is 11.7. The minimum absolute atomic E-state index is 0.0362. The number of ether oxygens (including phenoxy) is 4. The Morgan fingerprint density at radius 1 is 1.23 bits per heavy atom. The first kappa shape index (κ1) is 33.1. The lowest BCUT2D eigenvalue weighted by Gasteiger charge is -2.44. The molecule has 4 N–H and O–H groups in total. The Morgan fingerprint density at radius 3 is 2.68 bits per heavy atom. The van der Waals surface area contributed by atoms with Crippen LogP contribution in [0.4, 0.5) is 5.95 Å². The zero-order valence-electron chi connectivity index (χ0n) is 26.8. The molecule has 2 aromatic carbocycles. The highest BCUT2D eigenvalue weighted by Gasteiger charge is 2.62. The fourth-order valence-corrected chi connectivity index (χ4v) is 7.12. The van der Waals surface area contributed by atoms with E-state index >= 15 is 0 Å². The third-order valence-corrected chi connectivity index (χ3v) is 9.65. The number of nitrogens with one attached hydrogen (secondary N) is 1. The van der Waals surface area contributed by atoms with Crippen LogP contribution in [0.15, 0.2) is 48.8 Å². The molecular formula is C31H39N6O9P. The van der Waals surface area contributed by atoms with E-state index in [-0.39, 0.29) is 29.6 Å². The van der Waals surface area contributed by atoms with Gasteiger partial charge in [-0.05, 0) is 23.8 Å². The number of benzene rings is 2. The number of fused-ring (bicyclic) bond motifs is 2. The van der Waals surface area contributed by atoms with Crippen molar-refractivity contribution < 1.29 is 42.5 Å². The number of imidazole rings is 1. The van der Waals surface area contributed by atoms with Crippen molar-refractivity contribution in [3.05, 3.63) is 48.8 Å². The second kappa shape index (κ2) is 12.6. The number of nitrogens with zero attached hydrogens (tertiary/aromatic N) is 4. The molecule has 16 heteroatoms. The number of esters is 1. The molecule has 4 heterocycles. The quantitative estimate of drug-likeness (QED) is 0.154. The first-order valence-electron chi connectivity index (χ1n) is 15.2. The van der Waals surface area contributed by atoms with E-state index in [4.69, 9.17) is 33.7 Å². The highest BCUT2D eigenvalue weighted by molar-refractivity contribution is 7.52. The third kappa shape index (κ3) is 6.51. The first-order chi connectivity index (χ1) is 22.3. The highest BCUT2D eigenvalue weighted by atomic mass is 31.2. The number of aliphatic hydroxyl groups is 1. The van der Waals surface area contributed by atoms with E-state index in [9.17, 15) is 14.5 Å². The second-order valence-corrected chi connectivity index (χ2v) is 14.5. The Balaban J connectivity index is 1.27. The van der Waals surface area contributed by atoms with Crippen molar-refractivity contribution in [2.75, 3.05) is 32.7 Å². The Hall–Kier alpha value is -3.85. The largest absolute Gasteiger partial charge is 0.479 e. The topological polar surface area (TPSA) is 191 Å². The molecule has 2 fully saturated rings. The standard InChI is InChI=1S/C31H39N6O9P/c1-18(27(39)42-16-30(2,3)4)36-47(40,46-21-12-8-10-19-9-6-7-11-20(19)21)44-15-22-24(38)31(13-14-43-31)28(45-22)37-17-33-23-25(37)34-29(32)35-26(23)41-5/h6-12,17-18,22,24,28,38H,13-16H2,1-5H3,(H,36,40)(H2,32,34,35)/t18-,22+,24+,28+,31+,47?/m0/s1. The summed E-state index contributed by atoms with van der Waals surface area (Å²) < 4.78 is 51.1. The minimum atomic E-state index is -4.32. The molecule has 2 aromatic heterocycles. The predicted octanol–water partition coefficient (Wildman–Crippen LogP) is 3.76. The molecule has 2 saturated heterocycles. The van der Waals surface area contributed by atoms with Crippen molar-refractivity contribution in [1.29, 1.82) is 0 Å². The molecular weight excluding hydrogens is 631 g/mol. The van der Waals surface area contributed by atoms with Gasteiger partial charge in [0.15, 0.2) is 17.4 Å². The van der Waals surface area contributed by atoms with Crippen molar-refractivity contribution in [2.45, 2.75) is 64.2 Å². The molecule has 15 nitrogen and oxygen atoms in total. The Morgan fingerprint density at radius 2 is 1.98 bits per heavy atom. The number of anilines is 1. The minimum Gasteiger partial charge on any atom is -0.479 e. The average Bonchev–Trinajstić information content (AvgIpc) is 3.56. The number of hydrogen-bond donors (Lipinski definition) is 3. The molecule has 6 rings (SSSR count). The molecule has 47 heavy (non-hydrogen) atoms. The molecule has 1 spiro atoms. The molecule has 6 atom stereocenters. The smallest absolute Gasteiger partial charge is 0.459 e. The normalized spacial score (nSPS) is 24.6. The maximum Gasteiger partial charge on any atom is 0.459 e. The number of hydrogen-bond acceptors (Lipinski definition) is 13. The number of nitrogen functional groups attached to an aromatic ring is 1. The van der Waals surface area contributed by atoms with Crippen LogP contribution in [0.1, 0.15) is 40.3 Å². The van der Waals surface area contributed by atoms with Gasteiger partial charge in [-0.3, -0.25) is 13.9 Å². The molecule has 0 amide bonds. The van der Waals surface area contributed by atoms with E-state index in [2.05, 4.69) is 20.0 Å². The maximum absolute atomic E-state index is 14.5. The lowest BCUT2D eigenvalue weighted by Crippen LogP contribution is -2.56. The molecule has 252 valence electrons. The van der Waals surface area contributed by atoms with Gasteiger partial charge in [-0.2, -0.15) is 15.1 Å². The number of aromatic nitrogens is 4. The number of nitrogens with two attached hydrogens (primary N) is 1. The van der Waals surface area contributed by atoms with Gasteiger partial charge in [-0.25, -0.2) is 9.55 Å². The van der Waals surface area contributed by atoms with Crippen LogP contribution in [0.3, 0.4) is 0 Å². The van der Waals surface area contributed by atoms with Gasteiger partial charge in [0, 0.05) is 11.8 Å². The lowest BCUT2D eigenvalue weighted by molar-refractivity contribution is -0.225. The molecule has 0 bridgehead atoms. The predicted molar refractivity (Wildman–Crippen MR) is 171 cm³/mol. The first-order valence-corrected chi connectivity index (χ1v) is 16.7. The van der Waals surface area contributed by atoms with Crippen LogP contribution >= 0.6 is 7.75 Å². The summed E-state index contributed by atoms with van der Waals surface area (Å²) in [5.41, 5.74) is 5.14. The number of rotatable bonds is 11. The molecule has 2 aliphatic rings. The van der Waals surface area contributed by atoms with E-state index in [0.29, 0.717) is 29.6 Å². The fraction of sp³-hybridized carbons (Fsp3) is 0.484. The molecule has 4 aromatic rings. The zero-order valence-corrected chi connectivity index (χ0v) is 27.7. The van der Waals surface area contributed by atoms with Gasteiger partial charge in [-0.1, -0.05) is 57.2 Å². The number of methoxy groups -OCH3 is 1. The van der Waals surface area contributed by atoms with Crippen molar-refractivity contribution in [3.8, 4) is 11.6 Å². The van der Waals surface area contributed by atoms with Crippen LogP contribution in [0, 0.1) is 5.41 Å². The van der Waals surface area contributed by atoms with Gasteiger partial charge in [0.2, 0.25) is 11.8 Å². The lowest BCUT2D eigenvalue weighted by atomic mass is 9.86. The molecule has 0 aliphatic carbocycles. The van der Waals surface area contributed by atoms with Crippen molar-refractivity contribution in [2.24, 2.45) is 5.41 Å². The monoisotopic (exact) mass is 670 g/mol. The van der Waals surface area contributed by atoms with E-state index in [1.54, 1.807) is 16.7 Å². The summed E-state index contributed by atoms with van der Waals surface area (Å²) in [4.78, 5) is 25.7. The Labute approximate surface area is 271 Å². The van der Waals surface area contributed by atoms with Crippen LogP contribution in [-0.2, 0) is 28.1 Å². The summed E-state index contributed by atoms with van der Waals surface area (Å²) in [5, 5.41) is 15.8. The van der Waals surface area contributed by atoms with Crippen LogP contribution in [0.5, 0.6) is 11.6 Å². The van der Waals surface area contributed by atoms with Crippen molar-refractivity contribution in [1.82, 2.24) is 24.6 Å². The van der Waals surface area contributed by atoms with E-state index in [1.807, 2.05) is 51.1 Å². The van der Waals surface area contributed by atoms with Gasteiger partial charge in [0.05, 0.1) is 33.3 Å². The van der Waals surface area contributed by atoms with Crippen molar-refractivity contribution >= 4 is 41.6 Å². The van der Waals surface area contributed by atoms with E-state index in [1.165, 1.54) is 20.4 Å². The molecule has 2 aliphatic heterocycles. The van der Waals surface area contributed by atoms with Gasteiger partial charge in [-0.15, -0.1) is 0 Å². The molecule has 0 radical (unpaired) electrons. The number of aliphatic hydroxyl groups excluding tert-OH is 1.